The van der Waals surface area contributed by atoms with Gasteiger partial charge in [-0.05, 0) is 44.7 Å². The number of hydrogen-bond acceptors (Lipinski definition) is 3. The molecule has 1 saturated carbocycles. The van der Waals surface area contributed by atoms with E-state index in [4.69, 9.17) is 5.73 Å². The zero-order valence-corrected chi connectivity index (χ0v) is 10.0. The van der Waals surface area contributed by atoms with Crippen molar-refractivity contribution < 1.29 is 9.90 Å². The SMILES string of the molecule is Cc1cccc(C2(C(=O)O)CCC(N)CC2)n1. The molecule has 0 atom stereocenters. The lowest BCUT2D eigenvalue weighted by molar-refractivity contribution is -0.145. The molecule has 1 aromatic rings. The highest BCUT2D eigenvalue weighted by atomic mass is 16.4. The number of pyridine rings is 1. The minimum absolute atomic E-state index is 0.132. The molecule has 1 aliphatic rings. The Morgan fingerprint density at radius 3 is 2.65 bits per heavy atom. The summed E-state index contributed by atoms with van der Waals surface area (Å²) >= 11 is 0. The largest absolute Gasteiger partial charge is 0.481 e. The number of aliphatic carboxylic acids is 1. The Bertz CT molecular complexity index is 423. The third-order valence-electron chi connectivity index (χ3n) is 3.67. The van der Waals surface area contributed by atoms with Crippen LogP contribution in [0.15, 0.2) is 18.2 Å². The van der Waals surface area contributed by atoms with Crippen molar-refractivity contribution in [1.82, 2.24) is 4.98 Å². The molecule has 1 aliphatic carbocycles. The molecule has 1 aromatic heterocycles. The molecule has 3 N–H and O–H groups in total. The smallest absolute Gasteiger partial charge is 0.315 e. The third-order valence-corrected chi connectivity index (χ3v) is 3.67. The van der Waals surface area contributed by atoms with Gasteiger partial charge in [0.05, 0.1) is 5.69 Å². The highest BCUT2D eigenvalue weighted by molar-refractivity contribution is 5.80. The summed E-state index contributed by atoms with van der Waals surface area (Å²) in [4.78, 5) is 16.0. The van der Waals surface area contributed by atoms with Gasteiger partial charge in [0.15, 0.2) is 0 Å². The number of nitrogens with two attached hydrogens (primary N) is 1. The van der Waals surface area contributed by atoms with Gasteiger partial charge in [-0.2, -0.15) is 0 Å². The number of aryl methyl sites for hydroxylation is 1. The minimum Gasteiger partial charge on any atom is -0.481 e. The average Bonchev–Trinajstić information content (AvgIpc) is 2.30. The lowest BCUT2D eigenvalue weighted by Gasteiger charge is -2.35. The van der Waals surface area contributed by atoms with Gasteiger partial charge in [0.1, 0.15) is 5.41 Å². The lowest BCUT2D eigenvalue weighted by Crippen LogP contribution is -2.43. The van der Waals surface area contributed by atoms with Gasteiger partial charge in [-0.25, -0.2) is 0 Å². The molecular formula is C13H18N2O2. The van der Waals surface area contributed by atoms with Crippen LogP contribution < -0.4 is 5.73 Å². The maximum Gasteiger partial charge on any atom is 0.315 e. The van der Waals surface area contributed by atoms with E-state index in [0.29, 0.717) is 18.5 Å². The Labute approximate surface area is 101 Å². The molecule has 4 heteroatoms. The summed E-state index contributed by atoms with van der Waals surface area (Å²) in [6.07, 6.45) is 2.67. The van der Waals surface area contributed by atoms with E-state index in [-0.39, 0.29) is 6.04 Å². The second-order valence-corrected chi connectivity index (χ2v) is 4.89. The van der Waals surface area contributed by atoms with Crippen LogP contribution in [0.25, 0.3) is 0 Å². The maximum atomic E-state index is 11.6. The van der Waals surface area contributed by atoms with Crippen LogP contribution in [0.2, 0.25) is 0 Å². The fourth-order valence-corrected chi connectivity index (χ4v) is 2.52. The van der Waals surface area contributed by atoms with E-state index in [1.165, 1.54) is 0 Å². The number of carbonyl (C=O) groups is 1. The standard InChI is InChI=1S/C13H18N2O2/c1-9-3-2-4-11(15-9)13(12(16)17)7-5-10(14)6-8-13/h2-4,10H,5-8,14H2,1H3,(H,16,17). The summed E-state index contributed by atoms with van der Waals surface area (Å²) in [6, 6.07) is 5.70. The van der Waals surface area contributed by atoms with Crippen molar-refractivity contribution in [2.45, 2.75) is 44.1 Å². The Hall–Kier alpha value is -1.42. The first-order valence-corrected chi connectivity index (χ1v) is 5.98. The van der Waals surface area contributed by atoms with Crippen molar-refractivity contribution in [3.8, 4) is 0 Å². The number of rotatable bonds is 2. The molecule has 0 radical (unpaired) electrons. The van der Waals surface area contributed by atoms with Crippen LogP contribution in [0.4, 0.5) is 0 Å². The van der Waals surface area contributed by atoms with Crippen molar-refractivity contribution in [3.05, 3.63) is 29.6 Å². The quantitative estimate of drug-likeness (QED) is 0.815. The number of aromatic nitrogens is 1. The van der Waals surface area contributed by atoms with Crippen LogP contribution in [-0.4, -0.2) is 22.1 Å². The lowest BCUT2D eigenvalue weighted by atomic mass is 9.70. The van der Waals surface area contributed by atoms with Crippen molar-refractivity contribution >= 4 is 5.97 Å². The van der Waals surface area contributed by atoms with E-state index in [9.17, 15) is 9.90 Å². The Kier molecular flexibility index (Phi) is 3.15. The second-order valence-electron chi connectivity index (χ2n) is 4.89. The number of carboxylic acids is 1. The van der Waals surface area contributed by atoms with E-state index >= 15 is 0 Å². The minimum atomic E-state index is -0.831. The number of carboxylic acid groups (broad SMARTS) is 1. The van der Waals surface area contributed by atoms with Gasteiger partial charge in [-0.3, -0.25) is 9.78 Å². The van der Waals surface area contributed by atoms with Crippen LogP contribution in [0.1, 0.15) is 37.1 Å². The molecule has 0 spiro atoms. The fraction of sp³-hybridized carbons (Fsp3) is 0.538. The van der Waals surface area contributed by atoms with E-state index in [1.54, 1.807) is 0 Å². The normalized spacial score (nSPS) is 28.9. The summed E-state index contributed by atoms with van der Waals surface area (Å²) < 4.78 is 0. The predicted octanol–water partition coefficient (Wildman–Crippen LogP) is 1.61. The Morgan fingerprint density at radius 1 is 1.47 bits per heavy atom. The van der Waals surface area contributed by atoms with Crippen LogP contribution in [-0.2, 0) is 10.2 Å². The zero-order chi connectivity index (χ0) is 12.5. The molecule has 4 nitrogen and oxygen atoms in total. The predicted molar refractivity (Wildman–Crippen MR) is 64.7 cm³/mol. The molecule has 0 amide bonds. The van der Waals surface area contributed by atoms with Gasteiger partial charge in [0, 0.05) is 11.7 Å². The van der Waals surface area contributed by atoms with Crippen LogP contribution in [0.5, 0.6) is 0 Å². The fourth-order valence-electron chi connectivity index (χ4n) is 2.52. The summed E-state index contributed by atoms with van der Waals surface area (Å²) in [5.74, 6) is -0.775. The van der Waals surface area contributed by atoms with Gasteiger partial charge in [0.2, 0.25) is 0 Å². The van der Waals surface area contributed by atoms with Crippen molar-refractivity contribution in [2.24, 2.45) is 5.73 Å². The second kappa shape index (κ2) is 4.45. The summed E-state index contributed by atoms with van der Waals surface area (Å²) in [5.41, 5.74) is 6.56. The topological polar surface area (TPSA) is 76.2 Å². The molecule has 0 unspecified atom stereocenters. The molecule has 1 heterocycles. The molecule has 1 fully saturated rings. The molecule has 92 valence electrons. The number of nitrogens with zero attached hydrogens (tertiary/aromatic N) is 1. The van der Waals surface area contributed by atoms with E-state index in [0.717, 1.165) is 18.5 Å². The van der Waals surface area contributed by atoms with Crippen molar-refractivity contribution in [3.63, 3.8) is 0 Å². The van der Waals surface area contributed by atoms with Crippen LogP contribution >= 0.6 is 0 Å². The van der Waals surface area contributed by atoms with Gasteiger partial charge in [-0.1, -0.05) is 6.07 Å². The van der Waals surface area contributed by atoms with E-state index in [1.807, 2.05) is 25.1 Å². The average molecular weight is 234 g/mol. The highest BCUT2D eigenvalue weighted by Gasteiger charge is 2.44. The maximum absolute atomic E-state index is 11.6. The van der Waals surface area contributed by atoms with Gasteiger partial charge in [0.25, 0.3) is 0 Å². The van der Waals surface area contributed by atoms with Gasteiger partial charge in [-0.15, -0.1) is 0 Å². The first-order chi connectivity index (χ1) is 8.04. The molecule has 2 rings (SSSR count). The van der Waals surface area contributed by atoms with Crippen LogP contribution in [0, 0.1) is 6.92 Å². The highest BCUT2D eigenvalue weighted by Crippen LogP contribution is 2.38. The zero-order valence-electron chi connectivity index (χ0n) is 10.0. The Balaban J connectivity index is 2.38. The van der Waals surface area contributed by atoms with E-state index in [2.05, 4.69) is 4.98 Å². The van der Waals surface area contributed by atoms with Crippen molar-refractivity contribution in [1.29, 1.82) is 0 Å². The molecule has 0 bridgehead atoms. The van der Waals surface area contributed by atoms with E-state index < -0.39 is 11.4 Å². The van der Waals surface area contributed by atoms with Crippen molar-refractivity contribution in [2.75, 3.05) is 0 Å². The Morgan fingerprint density at radius 2 is 2.12 bits per heavy atom. The molecule has 0 aromatic carbocycles. The van der Waals surface area contributed by atoms with Crippen LogP contribution in [0.3, 0.4) is 0 Å². The van der Waals surface area contributed by atoms with Gasteiger partial charge >= 0.3 is 5.97 Å². The molecular weight excluding hydrogens is 216 g/mol. The first kappa shape index (κ1) is 12.0. The number of hydrogen-bond donors (Lipinski definition) is 2. The summed E-state index contributed by atoms with van der Waals surface area (Å²) in [7, 11) is 0. The molecule has 0 saturated heterocycles. The molecule has 17 heavy (non-hydrogen) atoms. The first-order valence-electron chi connectivity index (χ1n) is 5.98. The summed E-state index contributed by atoms with van der Waals surface area (Å²) in [5, 5.41) is 9.54. The third kappa shape index (κ3) is 2.17. The monoisotopic (exact) mass is 234 g/mol. The summed E-state index contributed by atoms with van der Waals surface area (Å²) in [6.45, 7) is 1.88. The molecule has 0 aliphatic heterocycles. The van der Waals surface area contributed by atoms with Gasteiger partial charge < -0.3 is 10.8 Å².